The van der Waals surface area contributed by atoms with Gasteiger partial charge in [0.1, 0.15) is 5.82 Å². The van der Waals surface area contributed by atoms with Crippen molar-refractivity contribution in [2.75, 3.05) is 12.4 Å². The topological polar surface area (TPSA) is 47.0 Å². The predicted molar refractivity (Wildman–Crippen MR) is 71.8 cm³/mol. The fraction of sp³-hybridized carbons (Fsp3) is 0.286. The molecule has 100 valence electrons. The molecular weight excluding hydrogens is 245 g/mol. The Morgan fingerprint density at radius 3 is 2.53 bits per heavy atom. The van der Waals surface area contributed by atoms with E-state index in [1.54, 1.807) is 32.5 Å². The van der Waals surface area contributed by atoms with Crippen LogP contribution in [0, 0.1) is 12.7 Å². The van der Waals surface area contributed by atoms with E-state index in [1.165, 1.54) is 6.07 Å². The molecule has 1 N–H and O–H groups in total. The van der Waals surface area contributed by atoms with Crippen molar-refractivity contribution in [3.8, 4) is 5.75 Å². The molecule has 1 heterocycles. The third-order valence-corrected chi connectivity index (χ3v) is 2.91. The molecule has 0 amide bonds. The van der Waals surface area contributed by atoms with Crippen LogP contribution in [-0.2, 0) is 0 Å². The van der Waals surface area contributed by atoms with Crippen LogP contribution < -0.4 is 10.1 Å². The molecule has 1 atom stereocenters. The van der Waals surface area contributed by atoms with E-state index in [0.29, 0.717) is 17.3 Å². The zero-order valence-corrected chi connectivity index (χ0v) is 11.1. The molecule has 0 aliphatic heterocycles. The number of aromatic nitrogens is 2. The van der Waals surface area contributed by atoms with Gasteiger partial charge in [0.2, 0.25) is 5.95 Å². The predicted octanol–water partition coefficient (Wildman–Crippen LogP) is 3.11. The van der Waals surface area contributed by atoms with Gasteiger partial charge in [-0.1, -0.05) is 12.1 Å². The Morgan fingerprint density at radius 1 is 1.26 bits per heavy atom. The molecule has 1 aromatic carbocycles. The molecule has 2 rings (SSSR count). The first-order valence-electron chi connectivity index (χ1n) is 5.99. The van der Waals surface area contributed by atoms with Gasteiger partial charge in [0.05, 0.1) is 25.5 Å². The summed E-state index contributed by atoms with van der Waals surface area (Å²) in [7, 11) is 1.56. The van der Waals surface area contributed by atoms with Gasteiger partial charge in [-0.25, -0.2) is 14.4 Å². The fourth-order valence-electron chi connectivity index (χ4n) is 1.65. The van der Waals surface area contributed by atoms with Crippen LogP contribution >= 0.6 is 0 Å². The molecule has 4 nitrogen and oxygen atoms in total. The molecule has 0 fully saturated rings. The van der Waals surface area contributed by atoms with Gasteiger partial charge >= 0.3 is 0 Å². The molecule has 1 aromatic heterocycles. The fourth-order valence-corrected chi connectivity index (χ4v) is 1.65. The van der Waals surface area contributed by atoms with E-state index < -0.39 is 0 Å². The Kier molecular flexibility index (Phi) is 3.94. The van der Waals surface area contributed by atoms with Crippen molar-refractivity contribution in [3.05, 3.63) is 47.5 Å². The second-order valence-electron chi connectivity index (χ2n) is 4.32. The first-order chi connectivity index (χ1) is 9.10. The number of nitrogens with one attached hydrogen (secondary N) is 1. The molecule has 0 saturated carbocycles. The summed E-state index contributed by atoms with van der Waals surface area (Å²) in [6, 6.07) is 5.09. The SMILES string of the molecule is COc1cnc(NC(C)c2ccc(C)c(F)c2)nc1. The van der Waals surface area contributed by atoms with Crippen molar-refractivity contribution in [1.29, 1.82) is 0 Å². The van der Waals surface area contributed by atoms with Crippen LogP contribution in [0.25, 0.3) is 0 Å². The lowest BCUT2D eigenvalue weighted by atomic mass is 10.1. The number of methoxy groups -OCH3 is 1. The average molecular weight is 261 g/mol. The summed E-state index contributed by atoms with van der Waals surface area (Å²) in [6.07, 6.45) is 3.16. The molecule has 0 aliphatic rings. The van der Waals surface area contributed by atoms with E-state index in [1.807, 2.05) is 13.0 Å². The standard InChI is InChI=1S/C14H16FN3O/c1-9-4-5-11(6-13(9)15)10(2)18-14-16-7-12(19-3)8-17-14/h4-8,10H,1-3H3,(H,16,17,18). The van der Waals surface area contributed by atoms with Crippen LogP contribution in [0.3, 0.4) is 0 Å². The molecule has 1 unspecified atom stereocenters. The zero-order chi connectivity index (χ0) is 13.8. The number of halogens is 1. The number of benzene rings is 1. The van der Waals surface area contributed by atoms with Gasteiger partial charge in [0.15, 0.2) is 5.75 Å². The highest BCUT2D eigenvalue weighted by atomic mass is 19.1. The van der Waals surface area contributed by atoms with Crippen LogP contribution in [0.5, 0.6) is 5.75 Å². The molecule has 19 heavy (non-hydrogen) atoms. The summed E-state index contributed by atoms with van der Waals surface area (Å²) >= 11 is 0. The van der Waals surface area contributed by atoms with Crippen LogP contribution in [0.2, 0.25) is 0 Å². The molecule has 0 spiro atoms. The number of nitrogens with zero attached hydrogens (tertiary/aromatic N) is 2. The smallest absolute Gasteiger partial charge is 0.223 e. The lowest BCUT2D eigenvalue weighted by molar-refractivity contribution is 0.411. The third kappa shape index (κ3) is 3.19. The number of ether oxygens (including phenoxy) is 1. The molecule has 0 aliphatic carbocycles. The maximum absolute atomic E-state index is 13.5. The van der Waals surface area contributed by atoms with Crippen molar-refractivity contribution in [3.63, 3.8) is 0 Å². The van der Waals surface area contributed by atoms with Gasteiger partial charge in [-0.15, -0.1) is 0 Å². The molecular formula is C14H16FN3O. The van der Waals surface area contributed by atoms with Gasteiger partial charge in [-0.2, -0.15) is 0 Å². The van der Waals surface area contributed by atoms with E-state index in [-0.39, 0.29) is 11.9 Å². The normalized spacial score (nSPS) is 12.0. The van der Waals surface area contributed by atoms with Gasteiger partial charge in [0, 0.05) is 0 Å². The lowest BCUT2D eigenvalue weighted by Gasteiger charge is -2.14. The second kappa shape index (κ2) is 5.65. The quantitative estimate of drug-likeness (QED) is 0.918. The molecule has 5 heteroatoms. The van der Waals surface area contributed by atoms with Crippen molar-refractivity contribution in [1.82, 2.24) is 9.97 Å². The molecule has 0 radical (unpaired) electrons. The minimum absolute atomic E-state index is 0.0801. The highest BCUT2D eigenvalue weighted by Gasteiger charge is 2.09. The number of rotatable bonds is 4. The Bertz CT molecular complexity index is 557. The average Bonchev–Trinajstić information content (AvgIpc) is 2.42. The van der Waals surface area contributed by atoms with Gasteiger partial charge in [-0.3, -0.25) is 0 Å². The number of anilines is 1. The van der Waals surface area contributed by atoms with Crippen molar-refractivity contribution >= 4 is 5.95 Å². The van der Waals surface area contributed by atoms with Gasteiger partial charge < -0.3 is 10.1 Å². The number of aryl methyl sites for hydroxylation is 1. The Balaban J connectivity index is 2.10. The molecule has 2 aromatic rings. The Labute approximate surface area is 111 Å². The summed E-state index contributed by atoms with van der Waals surface area (Å²) in [4.78, 5) is 8.23. The van der Waals surface area contributed by atoms with Crippen LogP contribution in [-0.4, -0.2) is 17.1 Å². The van der Waals surface area contributed by atoms with Crippen LogP contribution in [0.4, 0.5) is 10.3 Å². The van der Waals surface area contributed by atoms with Crippen LogP contribution in [0.1, 0.15) is 24.1 Å². The van der Waals surface area contributed by atoms with Crippen molar-refractivity contribution in [2.45, 2.75) is 19.9 Å². The summed E-state index contributed by atoms with van der Waals surface area (Å²) in [6.45, 7) is 3.67. The first kappa shape index (κ1) is 13.3. The molecule has 0 saturated heterocycles. The summed E-state index contributed by atoms with van der Waals surface area (Å²) < 4.78 is 18.5. The van der Waals surface area contributed by atoms with E-state index in [9.17, 15) is 4.39 Å². The van der Waals surface area contributed by atoms with Crippen molar-refractivity contribution in [2.24, 2.45) is 0 Å². The first-order valence-corrected chi connectivity index (χ1v) is 5.99. The summed E-state index contributed by atoms with van der Waals surface area (Å²) in [5.41, 5.74) is 1.49. The van der Waals surface area contributed by atoms with Crippen LogP contribution in [0.15, 0.2) is 30.6 Å². The minimum atomic E-state index is -0.207. The minimum Gasteiger partial charge on any atom is -0.494 e. The maximum atomic E-state index is 13.5. The third-order valence-electron chi connectivity index (χ3n) is 2.91. The Hall–Kier alpha value is -2.17. The van der Waals surface area contributed by atoms with Gasteiger partial charge in [0.25, 0.3) is 0 Å². The monoisotopic (exact) mass is 261 g/mol. The Morgan fingerprint density at radius 2 is 1.95 bits per heavy atom. The lowest BCUT2D eigenvalue weighted by Crippen LogP contribution is -2.09. The van der Waals surface area contributed by atoms with Gasteiger partial charge in [-0.05, 0) is 31.0 Å². The zero-order valence-electron chi connectivity index (χ0n) is 11.1. The second-order valence-corrected chi connectivity index (χ2v) is 4.32. The largest absolute Gasteiger partial charge is 0.494 e. The van der Waals surface area contributed by atoms with Crippen molar-refractivity contribution < 1.29 is 9.13 Å². The van der Waals surface area contributed by atoms with E-state index >= 15 is 0 Å². The maximum Gasteiger partial charge on any atom is 0.223 e. The molecule has 0 bridgehead atoms. The summed E-state index contributed by atoms with van der Waals surface area (Å²) in [5, 5.41) is 3.11. The highest BCUT2D eigenvalue weighted by Crippen LogP contribution is 2.19. The van der Waals surface area contributed by atoms with E-state index in [2.05, 4.69) is 15.3 Å². The van der Waals surface area contributed by atoms with E-state index in [4.69, 9.17) is 4.74 Å². The number of hydrogen-bond acceptors (Lipinski definition) is 4. The van der Waals surface area contributed by atoms with E-state index in [0.717, 1.165) is 5.56 Å². The highest BCUT2D eigenvalue weighted by molar-refractivity contribution is 5.34. The summed E-state index contributed by atoms with van der Waals surface area (Å²) in [5.74, 6) is 0.871. The number of hydrogen-bond donors (Lipinski definition) is 1.